The fraction of sp³-hybridized carbons (Fsp3) is 0.111. The van der Waals surface area contributed by atoms with Crippen LogP contribution in [0.5, 0.6) is 5.88 Å². The molecule has 5 rings (SSSR count). The lowest BCUT2D eigenvalue weighted by molar-refractivity contribution is 0.442. The molecule has 0 aliphatic heterocycles. The molecule has 2 heterocycles. The maximum Gasteiger partial charge on any atom is 0.219 e. The van der Waals surface area contributed by atoms with Crippen molar-refractivity contribution in [1.29, 1.82) is 0 Å². The predicted molar refractivity (Wildman–Crippen MR) is 123 cm³/mol. The molecule has 1 N–H and O–H groups in total. The highest BCUT2D eigenvalue weighted by Crippen LogP contribution is 2.30. The van der Waals surface area contributed by atoms with Crippen LogP contribution in [0.15, 0.2) is 79.0 Å². The predicted octanol–water partition coefficient (Wildman–Crippen LogP) is 5.87. The van der Waals surface area contributed by atoms with Crippen LogP contribution in [0.2, 0.25) is 0 Å². The second-order valence-electron chi connectivity index (χ2n) is 8.05. The highest BCUT2D eigenvalue weighted by Gasteiger charge is 2.19. The molecule has 0 atom stereocenters. The molecule has 0 unspecified atom stereocenters. The average molecular weight is 441 g/mol. The van der Waals surface area contributed by atoms with Gasteiger partial charge in [-0.15, -0.1) is 0 Å². The molecule has 0 spiro atoms. The van der Waals surface area contributed by atoms with Crippen molar-refractivity contribution in [3.63, 3.8) is 0 Å². The topological polar surface area (TPSA) is 50.4 Å². The Morgan fingerprint density at radius 2 is 1.48 bits per heavy atom. The third-order valence-electron chi connectivity index (χ3n) is 5.69. The Morgan fingerprint density at radius 1 is 0.788 bits per heavy atom. The third-order valence-corrected chi connectivity index (χ3v) is 5.69. The van der Waals surface area contributed by atoms with Crippen LogP contribution < -0.4 is 0 Å². The first-order valence-corrected chi connectivity index (χ1v) is 10.6. The van der Waals surface area contributed by atoms with Crippen LogP contribution in [0.25, 0.3) is 16.9 Å². The Labute approximate surface area is 189 Å². The average Bonchev–Trinajstić information content (AvgIpc) is 3.13. The summed E-state index contributed by atoms with van der Waals surface area (Å²) in [5.74, 6) is -0.710. The van der Waals surface area contributed by atoms with Crippen LogP contribution in [0.3, 0.4) is 0 Å². The van der Waals surface area contributed by atoms with Gasteiger partial charge in [-0.25, -0.2) is 18.7 Å². The summed E-state index contributed by atoms with van der Waals surface area (Å²) in [5, 5.41) is 11.0. The number of aryl methyl sites for hydroxylation is 1. The highest BCUT2D eigenvalue weighted by molar-refractivity contribution is 5.64. The number of nitrogens with zero attached hydrogens (tertiary/aromatic N) is 3. The molecule has 3 aromatic carbocycles. The largest absolute Gasteiger partial charge is 0.493 e. The number of aromatic hydroxyl groups is 1. The van der Waals surface area contributed by atoms with E-state index in [1.54, 1.807) is 47.9 Å². The van der Waals surface area contributed by atoms with E-state index in [2.05, 4.69) is 4.98 Å². The summed E-state index contributed by atoms with van der Waals surface area (Å²) in [6.45, 7) is 1.71. The van der Waals surface area contributed by atoms with Crippen molar-refractivity contribution < 1.29 is 13.9 Å². The van der Waals surface area contributed by atoms with Crippen LogP contribution in [0.1, 0.15) is 28.1 Å². The molecule has 0 saturated carbocycles. The van der Waals surface area contributed by atoms with Crippen molar-refractivity contribution in [2.45, 2.75) is 19.8 Å². The van der Waals surface area contributed by atoms with Crippen molar-refractivity contribution in [2.24, 2.45) is 0 Å². The van der Waals surface area contributed by atoms with Gasteiger partial charge in [-0.2, -0.15) is 0 Å². The first-order chi connectivity index (χ1) is 16.0. The van der Waals surface area contributed by atoms with Gasteiger partial charge >= 0.3 is 0 Å². The summed E-state index contributed by atoms with van der Waals surface area (Å²) in [4.78, 5) is 9.42. The molecular weight excluding hydrogens is 420 g/mol. The number of aromatic nitrogens is 3. The molecule has 6 heteroatoms. The monoisotopic (exact) mass is 441 g/mol. The minimum atomic E-state index is -0.346. The van der Waals surface area contributed by atoms with Crippen molar-refractivity contribution >= 4 is 5.65 Å². The molecule has 2 aromatic heterocycles. The molecule has 0 radical (unpaired) electrons. The molecular formula is C27H21F2N3O. The van der Waals surface area contributed by atoms with E-state index in [1.807, 2.05) is 30.3 Å². The second-order valence-corrected chi connectivity index (χ2v) is 8.05. The van der Waals surface area contributed by atoms with E-state index < -0.39 is 0 Å². The van der Waals surface area contributed by atoms with E-state index >= 15 is 0 Å². The lowest BCUT2D eigenvalue weighted by Crippen LogP contribution is -2.02. The van der Waals surface area contributed by atoms with E-state index in [9.17, 15) is 13.9 Å². The molecule has 33 heavy (non-hydrogen) atoms. The Bertz CT molecular complexity index is 1440. The number of rotatable bonds is 5. The molecule has 0 bridgehead atoms. The zero-order valence-electron chi connectivity index (χ0n) is 18.0. The lowest BCUT2D eigenvalue weighted by atomic mass is 10.1. The molecule has 5 aromatic rings. The lowest BCUT2D eigenvalue weighted by Gasteiger charge is -2.10. The fourth-order valence-corrected chi connectivity index (χ4v) is 3.94. The van der Waals surface area contributed by atoms with Gasteiger partial charge in [0, 0.05) is 24.6 Å². The maximum atomic E-state index is 14.9. The number of hydrogen-bond acceptors (Lipinski definition) is 3. The molecule has 0 aliphatic rings. The van der Waals surface area contributed by atoms with Crippen molar-refractivity contribution in [3.05, 3.63) is 119 Å². The Kier molecular flexibility index (Phi) is 5.34. The van der Waals surface area contributed by atoms with E-state index in [4.69, 9.17) is 4.98 Å². The first-order valence-electron chi connectivity index (χ1n) is 10.6. The van der Waals surface area contributed by atoms with E-state index in [0.29, 0.717) is 46.7 Å². The normalized spacial score (nSPS) is 11.2. The number of imidazole rings is 1. The van der Waals surface area contributed by atoms with Gasteiger partial charge in [0.1, 0.15) is 17.3 Å². The second kappa shape index (κ2) is 8.47. The number of halogens is 2. The van der Waals surface area contributed by atoms with Gasteiger partial charge < -0.3 is 5.11 Å². The summed E-state index contributed by atoms with van der Waals surface area (Å²) in [7, 11) is 0. The van der Waals surface area contributed by atoms with Crippen molar-refractivity contribution in [1.82, 2.24) is 14.4 Å². The van der Waals surface area contributed by atoms with Crippen LogP contribution in [0, 0.1) is 18.6 Å². The van der Waals surface area contributed by atoms with Crippen LogP contribution in [-0.4, -0.2) is 19.5 Å². The summed E-state index contributed by atoms with van der Waals surface area (Å²) >= 11 is 0. The van der Waals surface area contributed by atoms with Gasteiger partial charge in [-0.1, -0.05) is 54.6 Å². The maximum absolute atomic E-state index is 14.9. The van der Waals surface area contributed by atoms with Crippen LogP contribution >= 0.6 is 0 Å². The van der Waals surface area contributed by atoms with Gasteiger partial charge in [0.05, 0.1) is 11.4 Å². The summed E-state index contributed by atoms with van der Waals surface area (Å²) in [6.07, 6.45) is 2.41. The Hall–Kier alpha value is -4.06. The first kappa shape index (κ1) is 20.8. The molecule has 0 fully saturated rings. The van der Waals surface area contributed by atoms with Crippen LogP contribution in [0.4, 0.5) is 8.78 Å². The minimum absolute atomic E-state index is 0.0413. The molecule has 0 amide bonds. The molecule has 0 saturated heterocycles. The van der Waals surface area contributed by atoms with Gasteiger partial charge in [0.2, 0.25) is 5.88 Å². The SMILES string of the molecule is Cc1cccc(-c2cn3c(O)c(Cc4ccc(F)cc4)nc3c(Cc3ccccc3)n2)c1F. The van der Waals surface area contributed by atoms with E-state index in [1.165, 1.54) is 12.1 Å². The smallest absolute Gasteiger partial charge is 0.219 e. The standard InChI is InChI=1S/C27H21F2N3O/c1-17-6-5-9-21(25(17)29)24-16-32-26(22(30-24)14-18-7-3-2-4-8-18)31-23(27(32)33)15-19-10-12-20(28)13-11-19/h2-13,16,33H,14-15H2,1H3. The minimum Gasteiger partial charge on any atom is -0.493 e. The van der Waals surface area contributed by atoms with Gasteiger partial charge in [0.15, 0.2) is 5.65 Å². The third kappa shape index (κ3) is 4.07. The van der Waals surface area contributed by atoms with Crippen molar-refractivity contribution in [3.8, 4) is 17.1 Å². The Morgan fingerprint density at radius 3 is 2.24 bits per heavy atom. The van der Waals surface area contributed by atoms with E-state index in [0.717, 1.165) is 11.1 Å². The zero-order chi connectivity index (χ0) is 22.9. The summed E-state index contributed by atoms with van der Waals surface area (Å²) in [6, 6.07) is 21.0. The summed E-state index contributed by atoms with van der Waals surface area (Å²) in [5.41, 5.74) is 4.71. The van der Waals surface area contributed by atoms with Crippen LogP contribution in [-0.2, 0) is 12.8 Å². The Balaban J connectivity index is 1.67. The molecule has 0 aliphatic carbocycles. The quantitative estimate of drug-likeness (QED) is 0.371. The fourth-order valence-electron chi connectivity index (χ4n) is 3.94. The number of hydrogen-bond donors (Lipinski definition) is 1. The summed E-state index contributed by atoms with van der Waals surface area (Å²) < 4.78 is 29.8. The van der Waals surface area contributed by atoms with Gasteiger partial charge in [-0.05, 0) is 41.8 Å². The molecule has 164 valence electrons. The van der Waals surface area contributed by atoms with Crippen molar-refractivity contribution in [2.75, 3.05) is 0 Å². The molecule has 4 nitrogen and oxygen atoms in total. The zero-order valence-corrected chi connectivity index (χ0v) is 18.0. The highest BCUT2D eigenvalue weighted by atomic mass is 19.1. The van der Waals surface area contributed by atoms with Gasteiger partial charge in [-0.3, -0.25) is 4.40 Å². The van der Waals surface area contributed by atoms with Gasteiger partial charge in [0.25, 0.3) is 0 Å². The van der Waals surface area contributed by atoms with E-state index in [-0.39, 0.29) is 17.5 Å². The number of fused-ring (bicyclic) bond motifs is 1. The number of benzene rings is 3.